The Bertz CT molecular complexity index is 438. The number of hydrogen-bond donors (Lipinski definition) is 1. The fourth-order valence-corrected chi connectivity index (χ4v) is 1.40. The lowest BCUT2D eigenvalue weighted by atomic mass is 10.0. The van der Waals surface area contributed by atoms with Gasteiger partial charge in [0.1, 0.15) is 22.8 Å². The van der Waals surface area contributed by atoms with Gasteiger partial charge in [0.2, 0.25) is 0 Å². The van der Waals surface area contributed by atoms with E-state index in [1.807, 2.05) is 0 Å². The molecule has 0 radical (unpaired) electrons. The molecule has 17 heavy (non-hydrogen) atoms. The lowest BCUT2D eigenvalue weighted by Gasteiger charge is -2.14. The van der Waals surface area contributed by atoms with Gasteiger partial charge in [-0.2, -0.15) is 13.2 Å². The molecule has 1 aromatic rings. The molecule has 94 valence electrons. The highest BCUT2D eigenvalue weighted by Gasteiger charge is 2.35. The maximum Gasteiger partial charge on any atom is 0.420 e. The number of aromatic hydroxyl groups is 1. The first-order valence-electron chi connectivity index (χ1n) is 4.72. The zero-order valence-corrected chi connectivity index (χ0v) is 9.26. The van der Waals surface area contributed by atoms with Gasteiger partial charge in [0.05, 0.1) is 7.11 Å². The number of ether oxygens (including phenoxy) is 1. The van der Waals surface area contributed by atoms with Crippen molar-refractivity contribution in [3.8, 4) is 11.5 Å². The van der Waals surface area contributed by atoms with E-state index < -0.39 is 17.5 Å². The average molecular weight is 248 g/mol. The van der Waals surface area contributed by atoms with E-state index in [9.17, 15) is 23.1 Å². The molecule has 0 aliphatic carbocycles. The number of hydrogen-bond acceptors (Lipinski definition) is 3. The zero-order chi connectivity index (χ0) is 13.2. The molecule has 0 unspecified atom stereocenters. The Labute approximate surface area is 95.8 Å². The zero-order valence-electron chi connectivity index (χ0n) is 9.26. The molecule has 1 rings (SSSR count). The number of halogens is 3. The summed E-state index contributed by atoms with van der Waals surface area (Å²) in [6, 6.07) is 1.91. The summed E-state index contributed by atoms with van der Waals surface area (Å²) in [6.07, 6.45) is -4.96. The molecular weight excluding hydrogens is 237 g/mol. The highest BCUT2D eigenvalue weighted by molar-refractivity contribution is 5.79. The van der Waals surface area contributed by atoms with Crippen LogP contribution in [0.4, 0.5) is 13.2 Å². The van der Waals surface area contributed by atoms with Crippen molar-refractivity contribution in [3.63, 3.8) is 0 Å². The molecule has 1 aromatic carbocycles. The van der Waals surface area contributed by atoms with Crippen LogP contribution in [0.15, 0.2) is 12.1 Å². The Morgan fingerprint density at radius 1 is 1.41 bits per heavy atom. The van der Waals surface area contributed by atoms with Gasteiger partial charge < -0.3 is 9.84 Å². The summed E-state index contributed by atoms with van der Waals surface area (Å²) < 4.78 is 42.5. The van der Waals surface area contributed by atoms with Gasteiger partial charge in [-0.15, -0.1) is 0 Å². The first-order valence-corrected chi connectivity index (χ1v) is 4.72. The smallest absolute Gasteiger partial charge is 0.420 e. The minimum atomic E-state index is -4.69. The second kappa shape index (κ2) is 4.65. The molecule has 0 atom stereocenters. The number of phenols is 1. The van der Waals surface area contributed by atoms with Gasteiger partial charge >= 0.3 is 6.18 Å². The second-order valence-electron chi connectivity index (χ2n) is 3.56. The summed E-state index contributed by atoms with van der Waals surface area (Å²) in [5, 5.41) is 9.47. The van der Waals surface area contributed by atoms with Crippen molar-refractivity contribution in [1.82, 2.24) is 0 Å². The number of carbonyl (C=O) groups is 1. The number of benzene rings is 1. The van der Waals surface area contributed by atoms with Crippen LogP contribution >= 0.6 is 0 Å². The summed E-state index contributed by atoms with van der Waals surface area (Å²) in [7, 11) is 1.21. The van der Waals surface area contributed by atoms with Gasteiger partial charge in [-0.05, 0) is 19.1 Å². The molecular formula is C11H11F3O3. The van der Waals surface area contributed by atoms with Crippen molar-refractivity contribution < 1.29 is 27.8 Å². The number of carbonyl (C=O) groups excluding carboxylic acids is 1. The van der Waals surface area contributed by atoms with Crippen LogP contribution in [0, 0.1) is 0 Å². The number of methoxy groups -OCH3 is 1. The highest BCUT2D eigenvalue weighted by Crippen LogP contribution is 2.40. The molecule has 0 saturated carbocycles. The Hall–Kier alpha value is -1.72. The van der Waals surface area contributed by atoms with E-state index in [4.69, 9.17) is 4.74 Å². The lowest BCUT2D eigenvalue weighted by Crippen LogP contribution is -2.08. The number of Topliss-reactive ketones (excluding diaryl/α,β-unsaturated/α-hetero) is 1. The molecule has 0 spiro atoms. The van der Waals surface area contributed by atoms with Gasteiger partial charge in [0, 0.05) is 12.0 Å². The third-order valence-corrected chi connectivity index (χ3v) is 2.14. The van der Waals surface area contributed by atoms with Gasteiger partial charge in [0.25, 0.3) is 0 Å². The van der Waals surface area contributed by atoms with Crippen LogP contribution in [-0.2, 0) is 17.4 Å². The van der Waals surface area contributed by atoms with Crippen molar-refractivity contribution in [2.45, 2.75) is 19.5 Å². The van der Waals surface area contributed by atoms with E-state index in [1.54, 1.807) is 0 Å². The van der Waals surface area contributed by atoms with E-state index >= 15 is 0 Å². The number of alkyl halides is 3. The van der Waals surface area contributed by atoms with E-state index in [0.29, 0.717) is 6.07 Å². The predicted octanol–water partition coefficient (Wildman–Crippen LogP) is 2.55. The van der Waals surface area contributed by atoms with Gasteiger partial charge in [0.15, 0.2) is 0 Å². The standard InChI is InChI=1S/C11H11F3O3/c1-6(15)3-7-4-8(17-2)5-9(10(7)16)11(12,13)14/h4-5,16H,3H2,1-2H3. The number of ketones is 1. The van der Waals surface area contributed by atoms with Crippen molar-refractivity contribution in [3.05, 3.63) is 23.3 Å². The number of rotatable bonds is 3. The second-order valence-corrected chi connectivity index (χ2v) is 3.56. The molecule has 0 bridgehead atoms. The molecule has 1 N–H and O–H groups in total. The van der Waals surface area contributed by atoms with Crippen LogP contribution in [0.3, 0.4) is 0 Å². The van der Waals surface area contributed by atoms with Crippen molar-refractivity contribution in [2.75, 3.05) is 7.11 Å². The van der Waals surface area contributed by atoms with Crippen LogP contribution in [0.1, 0.15) is 18.1 Å². The van der Waals surface area contributed by atoms with Gasteiger partial charge in [-0.1, -0.05) is 0 Å². The van der Waals surface area contributed by atoms with E-state index in [1.165, 1.54) is 20.1 Å². The third-order valence-electron chi connectivity index (χ3n) is 2.14. The van der Waals surface area contributed by atoms with Crippen LogP contribution in [0.5, 0.6) is 11.5 Å². The molecule has 0 aliphatic rings. The summed E-state index contributed by atoms with van der Waals surface area (Å²) in [6.45, 7) is 1.23. The molecule has 0 amide bonds. The molecule has 0 aliphatic heterocycles. The Morgan fingerprint density at radius 2 is 2.00 bits per heavy atom. The van der Waals surface area contributed by atoms with E-state index in [2.05, 4.69) is 0 Å². The summed E-state index contributed by atoms with van der Waals surface area (Å²) in [5.74, 6) is -1.32. The van der Waals surface area contributed by atoms with E-state index in [0.717, 1.165) is 0 Å². The van der Waals surface area contributed by atoms with Gasteiger partial charge in [-0.25, -0.2) is 0 Å². The third kappa shape index (κ3) is 3.12. The van der Waals surface area contributed by atoms with Crippen molar-refractivity contribution in [1.29, 1.82) is 0 Å². The summed E-state index contributed by atoms with van der Waals surface area (Å²) >= 11 is 0. The van der Waals surface area contributed by atoms with Crippen molar-refractivity contribution >= 4 is 5.78 Å². The largest absolute Gasteiger partial charge is 0.507 e. The monoisotopic (exact) mass is 248 g/mol. The fourth-order valence-electron chi connectivity index (χ4n) is 1.40. The molecule has 6 heteroatoms. The first-order chi connectivity index (χ1) is 7.75. The topological polar surface area (TPSA) is 46.5 Å². The maximum absolute atomic E-state index is 12.6. The SMILES string of the molecule is COc1cc(CC(C)=O)c(O)c(C(F)(F)F)c1. The Balaban J connectivity index is 3.36. The fraction of sp³-hybridized carbons (Fsp3) is 0.364. The normalized spacial score (nSPS) is 11.4. The number of phenolic OH excluding ortho intramolecular Hbond substituents is 1. The van der Waals surface area contributed by atoms with Crippen molar-refractivity contribution in [2.24, 2.45) is 0 Å². The van der Waals surface area contributed by atoms with E-state index in [-0.39, 0.29) is 23.5 Å². The first kappa shape index (κ1) is 13.3. The van der Waals surface area contributed by atoms with Crippen LogP contribution in [0.2, 0.25) is 0 Å². The Kier molecular flexibility index (Phi) is 3.65. The molecule has 0 saturated heterocycles. The minimum absolute atomic E-state index is 0.0497. The Morgan fingerprint density at radius 3 is 2.41 bits per heavy atom. The van der Waals surface area contributed by atoms with Crippen LogP contribution in [-0.4, -0.2) is 18.0 Å². The van der Waals surface area contributed by atoms with Crippen LogP contribution in [0.25, 0.3) is 0 Å². The minimum Gasteiger partial charge on any atom is -0.507 e. The highest BCUT2D eigenvalue weighted by atomic mass is 19.4. The summed E-state index contributed by atoms with van der Waals surface area (Å²) in [5.41, 5.74) is -1.29. The molecule has 3 nitrogen and oxygen atoms in total. The average Bonchev–Trinajstić information content (AvgIpc) is 2.18. The molecule has 0 fully saturated rings. The van der Waals surface area contributed by atoms with Gasteiger partial charge in [-0.3, -0.25) is 4.79 Å². The molecule has 0 aromatic heterocycles. The lowest BCUT2D eigenvalue weighted by molar-refractivity contribution is -0.139. The van der Waals surface area contributed by atoms with Crippen LogP contribution < -0.4 is 4.74 Å². The quantitative estimate of drug-likeness (QED) is 0.894. The summed E-state index contributed by atoms with van der Waals surface area (Å²) in [4.78, 5) is 10.9. The predicted molar refractivity (Wildman–Crippen MR) is 54.0 cm³/mol. The molecule has 0 heterocycles. The maximum atomic E-state index is 12.6.